The lowest BCUT2D eigenvalue weighted by molar-refractivity contribution is -0.134. The van der Waals surface area contributed by atoms with Crippen molar-refractivity contribution in [2.45, 2.75) is 0 Å². The first-order valence-corrected chi connectivity index (χ1v) is 3.02. The fourth-order valence-corrected chi connectivity index (χ4v) is 0.545. The molecule has 58 valence electrons. The van der Waals surface area contributed by atoms with Crippen molar-refractivity contribution in [3.05, 3.63) is 18.5 Å². The highest BCUT2D eigenvalue weighted by Crippen LogP contribution is 1.91. The van der Waals surface area contributed by atoms with Crippen LogP contribution in [0.2, 0.25) is 0 Å². The number of carboxylic acid groups (broad SMARTS) is 1. The highest BCUT2D eigenvalue weighted by atomic mass is 16.4. The molecular formula is C6H7N3O2. The van der Waals surface area contributed by atoms with Gasteiger partial charge in [-0.25, -0.2) is 9.97 Å². The van der Waals surface area contributed by atoms with Gasteiger partial charge in [0.1, 0.15) is 6.54 Å². The third-order valence-electron chi connectivity index (χ3n) is 0.964. The minimum absolute atomic E-state index is 0.163. The van der Waals surface area contributed by atoms with E-state index in [1.807, 2.05) is 0 Å². The summed E-state index contributed by atoms with van der Waals surface area (Å²) in [4.78, 5) is 17.6. The molecule has 11 heavy (non-hydrogen) atoms. The Hall–Kier alpha value is -1.65. The molecule has 1 aromatic heterocycles. The first-order valence-electron chi connectivity index (χ1n) is 3.02. The molecule has 0 aromatic carbocycles. The molecule has 0 aliphatic carbocycles. The highest BCUT2D eigenvalue weighted by Gasteiger charge is 1.96. The van der Waals surface area contributed by atoms with Gasteiger partial charge in [-0.3, -0.25) is 4.79 Å². The predicted molar refractivity (Wildman–Crippen MR) is 38.2 cm³/mol. The molecule has 5 heteroatoms. The molecule has 0 saturated heterocycles. The Morgan fingerprint density at radius 3 is 2.73 bits per heavy atom. The maximum atomic E-state index is 10.1. The van der Waals surface area contributed by atoms with E-state index >= 15 is 0 Å². The average molecular weight is 153 g/mol. The van der Waals surface area contributed by atoms with Gasteiger partial charge in [-0.2, -0.15) is 0 Å². The van der Waals surface area contributed by atoms with Crippen LogP contribution in [0.15, 0.2) is 18.5 Å². The summed E-state index contributed by atoms with van der Waals surface area (Å²) in [7, 11) is 0. The van der Waals surface area contributed by atoms with Crippen LogP contribution in [0.1, 0.15) is 0 Å². The number of carboxylic acids is 1. The lowest BCUT2D eigenvalue weighted by atomic mass is 10.6. The number of nitrogens with zero attached hydrogens (tertiary/aromatic N) is 2. The van der Waals surface area contributed by atoms with Crippen LogP contribution in [-0.4, -0.2) is 27.6 Å². The molecule has 0 aliphatic heterocycles. The maximum absolute atomic E-state index is 10.1. The van der Waals surface area contributed by atoms with Crippen molar-refractivity contribution >= 4 is 11.9 Å². The number of rotatable bonds is 3. The number of nitrogens with one attached hydrogen (secondary N) is 1. The van der Waals surface area contributed by atoms with Crippen molar-refractivity contribution in [2.75, 3.05) is 11.9 Å². The molecule has 0 amide bonds. The number of carbonyl (C=O) groups is 1. The van der Waals surface area contributed by atoms with Gasteiger partial charge in [-0.1, -0.05) is 0 Å². The lowest BCUT2D eigenvalue weighted by Gasteiger charge is -1.97. The van der Waals surface area contributed by atoms with E-state index in [2.05, 4.69) is 15.3 Å². The average Bonchev–Trinajstić information content (AvgIpc) is 2.03. The van der Waals surface area contributed by atoms with Gasteiger partial charge in [0.2, 0.25) is 5.95 Å². The minimum Gasteiger partial charge on any atom is -0.480 e. The molecule has 0 radical (unpaired) electrons. The Morgan fingerprint density at radius 2 is 2.18 bits per heavy atom. The number of anilines is 1. The molecular weight excluding hydrogens is 146 g/mol. The highest BCUT2D eigenvalue weighted by molar-refractivity contribution is 5.71. The van der Waals surface area contributed by atoms with Crippen molar-refractivity contribution in [3.8, 4) is 0 Å². The molecule has 1 rings (SSSR count). The third kappa shape index (κ3) is 2.61. The van der Waals surface area contributed by atoms with E-state index < -0.39 is 5.97 Å². The molecule has 0 unspecified atom stereocenters. The smallest absolute Gasteiger partial charge is 0.322 e. The molecule has 0 bridgehead atoms. The second-order valence-corrected chi connectivity index (χ2v) is 1.82. The van der Waals surface area contributed by atoms with Crippen molar-refractivity contribution in [1.29, 1.82) is 0 Å². The van der Waals surface area contributed by atoms with Crippen LogP contribution in [0.5, 0.6) is 0 Å². The zero-order valence-electron chi connectivity index (χ0n) is 5.69. The predicted octanol–water partition coefficient (Wildman–Crippen LogP) is -0.0269. The van der Waals surface area contributed by atoms with E-state index in [9.17, 15) is 4.79 Å². The fraction of sp³-hybridized carbons (Fsp3) is 0.167. The Bertz CT molecular complexity index is 237. The summed E-state index contributed by atoms with van der Waals surface area (Å²) in [5.41, 5.74) is 0. The Balaban J connectivity index is 2.45. The van der Waals surface area contributed by atoms with Crippen LogP contribution in [-0.2, 0) is 4.79 Å². The van der Waals surface area contributed by atoms with Crippen LogP contribution < -0.4 is 5.32 Å². The quantitative estimate of drug-likeness (QED) is 0.637. The van der Waals surface area contributed by atoms with E-state index in [0.29, 0.717) is 5.95 Å². The Morgan fingerprint density at radius 1 is 1.55 bits per heavy atom. The molecule has 1 heterocycles. The molecule has 0 fully saturated rings. The number of hydrogen-bond acceptors (Lipinski definition) is 4. The molecule has 0 spiro atoms. The van der Waals surface area contributed by atoms with E-state index in [0.717, 1.165) is 0 Å². The van der Waals surface area contributed by atoms with Gasteiger partial charge in [-0.15, -0.1) is 0 Å². The first-order chi connectivity index (χ1) is 5.29. The van der Waals surface area contributed by atoms with Crippen molar-refractivity contribution in [1.82, 2.24) is 9.97 Å². The standard InChI is InChI=1S/C6H7N3O2/c10-5(11)4-9-6-7-2-1-3-8-6/h1-3H,4H2,(H,10,11)(H,7,8,9). The van der Waals surface area contributed by atoms with Gasteiger partial charge < -0.3 is 10.4 Å². The summed E-state index contributed by atoms with van der Waals surface area (Å²) in [6.07, 6.45) is 3.08. The zero-order valence-corrected chi connectivity index (χ0v) is 5.69. The monoisotopic (exact) mass is 153 g/mol. The topological polar surface area (TPSA) is 75.1 Å². The maximum Gasteiger partial charge on any atom is 0.322 e. The molecule has 0 saturated carbocycles. The summed E-state index contributed by atoms with van der Waals surface area (Å²) in [6, 6.07) is 1.66. The van der Waals surface area contributed by atoms with E-state index in [4.69, 9.17) is 5.11 Å². The Labute approximate surface area is 63.1 Å². The van der Waals surface area contributed by atoms with E-state index in [1.54, 1.807) is 6.07 Å². The number of aliphatic carboxylic acids is 1. The van der Waals surface area contributed by atoms with Gasteiger partial charge in [0.05, 0.1) is 0 Å². The van der Waals surface area contributed by atoms with Gasteiger partial charge in [0.25, 0.3) is 0 Å². The summed E-state index contributed by atoms with van der Waals surface area (Å²) in [6.45, 7) is -0.163. The summed E-state index contributed by atoms with van der Waals surface area (Å²) in [5, 5.41) is 10.8. The van der Waals surface area contributed by atoms with Crippen molar-refractivity contribution < 1.29 is 9.90 Å². The minimum atomic E-state index is -0.933. The molecule has 1 aromatic rings. The van der Waals surface area contributed by atoms with Crippen LogP contribution in [0.4, 0.5) is 5.95 Å². The second kappa shape index (κ2) is 3.50. The first kappa shape index (κ1) is 7.46. The van der Waals surface area contributed by atoms with Crippen LogP contribution in [0.25, 0.3) is 0 Å². The van der Waals surface area contributed by atoms with Crippen molar-refractivity contribution in [3.63, 3.8) is 0 Å². The SMILES string of the molecule is O=C(O)CNc1ncccn1. The van der Waals surface area contributed by atoms with E-state index in [1.165, 1.54) is 12.4 Å². The van der Waals surface area contributed by atoms with Gasteiger partial charge in [-0.05, 0) is 6.07 Å². The van der Waals surface area contributed by atoms with Crippen LogP contribution in [0.3, 0.4) is 0 Å². The molecule has 5 nitrogen and oxygen atoms in total. The summed E-state index contributed by atoms with van der Waals surface area (Å²) < 4.78 is 0. The van der Waals surface area contributed by atoms with Crippen molar-refractivity contribution in [2.24, 2.45) is 0 Å². The normalized spacial score (nSPS) is 9.09. The van der Waals surface area contributed by atoms with Gasteiger partial charge in [0, 0.05) is 12.4 Å². The van der Waals surface area contributed by atoms with Gasteiger partial charge >= 0.3 is 5.97 Å². The molecule has 0 aliphatic rings. The Kier molecular flexibility index (Phi) is 2.37. The summed E-state index contributed by atoms with van der Waals surface area (Å²) in [5.74, 6) is -0.604. The second-order valence-electron chi connectivity index (χ2n) is 1.82. The fourth-order valence-electron chi connectivity index (χ4n) is 0.545. The third-order valence-corrected chi connectivity index (χ3v) is 0.964. The van der Waals surface area contributed by atoms with Crippen LogP contribution >= 0.6 is 0 Å². The lowest BCUT2D eigenvalue weighted by Crippen LogP contribution is -2.13. The number of hydrogen-bond donors (Lipinski definition) is 2. The zero-order chi connectivity index (χ0) is 8.10. The largest absolute Gasteiger partial charge is 0.480 e. The molecule has 2 N–H and O–H groups in total. The van der Waals surface area contributed by atoms with E-state index in [-0.39, 0.29) is 6.54 Å². The molecule has 0 atom stereocenters. The number of aromatic nitrogens is 2. The van der Waals surface area contributed by atoms with Gasteiger partial charge in [0.15, 0.2) is 0 Å². The summed E-state index contributed by atoms with van der Waals surface area (Å²) >= 11 is 0. The van der Waals surface area contributed by atoms with Crippen LogP contribution in [0, 0.1) is 0 Å².